The molecule has 8 heteroatoms. The normalized spacial score (nSPS) is 10.7. The molecule has 0 aliphatic heterocycles. The molecule has 0 saturated carbocycles. The first kappa shape index (κ1) is 17.0. The summed E-state index contributed by atoms with van der Waals surface area (Å²) in [4.78, 5) is 15.7. The van der Waals surface area contributed by atoms with Crippen molar-refractivity contribution in [3.8, 4) is 5.75 Å². The summed E-state index contributed by atoms with van der Waals surface area (Å²) in [6.45, 7) is -2.89. The fraction of sp³-hybridized carbons (Fsp3) is 0.200. The van der Waals surface area contributed by atoms with E-state index < -0.39 is 12.6 Å². The Morgan fingerprint density at radius 1 is 1.35 bits per heavy atom. The quantitative estimate of drug-likeness (QED) is 0.844. The molecule has 0 radical (unpaired) electrons. The molecule has 0 unspecified atom stereocenters. The molecule has 0 aliphatic carbocycles. The van der Waals surface area contributed by atoms with Gasteiger partial charge >= 0.3 is 12.6 Å². The Kier molecular flexibility index (Phi) is 5.33. The zero-order valence-corrected chi connectivity index (χ0v) is 12.8. The van der Waals surface area contributed by atoms with Crippen LogP contribution in [0, 0.1) is 0 Å². The van der Waals surface area contributed by atoms with E-state index in [1.165, 1.54) is 25.4 Å². The standard InChI is InChI=1S/C15H13ClF2N2O3/c1-22-14(21)13-10(12(19)11(16)7-20-13)6-8-2-4-9(5-3-8)23-15(17)18/h2-5,7,15H,6H2,1H3,(H2,19,20). The van der Waals surface area contributed by atoms with Crippen molar-refractivity contribution in [2.45, 2.75) is 13.0 Å². The zero-order chi connectivity index (χ0) is 17.0. The van der Waals surface area contributed by atoms with Crippen LogP contribution in [-0.2, 0) is 11.2 Å². The van der Waals surface area contributed by atoms with Gasteiger partial charge in [-0.2, -0.15) is 8.78 Å². The summed E-state index contributed by atoms with van der Waals surface area (Å²) in [5.74, 6) is -0.602. The van der Waals surface area contributed by atoms with Crippen LogP contribution in [-0.4, -0.2) is 24.7 Å². The minimum absolute atomic E-state index is 0.0362. The summed E-state index contributed by atoms with van der Waals surface area (Å²) in [6.07, 6.45) is 1.50. The average molecular weight is 343 g/mol. The van der Waals surface area contributed by atoms with Crippen molar-refractivity contribution >= 4 is 23.3 Å². The first-order valence-corrected chi connectivity index (χ1v) is 6.85. The smallest absolute Gasteiger partial charge is 0.387 e. The van der Waals surface area contributed by atoms with Gasteiger partial charge in [0.05, 0.1) is 17.8 Å². The molecule has 2 N–H and O–H groups in total. The number of benzene rings is 1. The molecule has 0 atom stereocenters. The van der Waals surface area contributed by atoms with Gasteiger partial charge in [-0.3, -0.25) is 0 Å². The lowest BCUT2D eigenvalue weighted by Crippen LogP contribution is -2.12. The van der Waals surface area contributed by atoms with Gasteiger partial charge in [-0.05, 0) is 17.7 Å². The Bertz CT molecular complexity index is 709. The van der Waals surface area contributed by atoms with E-state index in [0.717, 1.165) is 0 Å². The number of nitrogens with zero attached hydrogens (tertiary/aromatic N) is 1. The highest BCUT2D eigenvalue weighted by Gasteiger charge is 2.18. The van der Waals surface area contributed by atoms with Crippen LogP contribution in [0.15, 0.2) is 30.5 Å². The van der Waals surface area contributed by atoms with Crippen molar-refractivity contribution in [3.63, 3.8) is 0 Å². The molecule has 122 valence electrons. The number of carbonyl (C=O) groups is 1. The number of hydrogen-bond donors (Lipinski definition) is 1. The number of pyridine rings is 1. The summed E-state index contributed by atoms with van der Waals surface area (Å²) >= 11 is 5.94. The fourth-order valence-corrected chi connectivity index (χ4v) is 2.15. The second-order valence-corrected chi connectivity index (χ2v) is 4.94. The van der Waals surface area contributed by atoms with E-state index in [4.69, 9.17) is 17.3 Å². The fourth-order valence-electron chi connectivity index (χ4n) is 1.98. The van der Waals surface area contributed by atoms with Gasteiger partial charge in [0, 0.05) is 18.2 Å². The Hall–Kier alpha value is -2.41. The SMILES string of the molecule is COC(=O)c1ncc(Cl)c(N)c1Cc1ccc(OC(F)F)cc1. The largest absolute Gasteiger partial charge is 0.464 e. The van der Waals surface area contributed by atoms with Crippen molar-refractivity contribution in [1.29, 1.82) is 0 Å². The number of rotatable bonds is 5. The van der Waals surface area contributed by atoms with Crippen molar-refractivity contribution in [2.75, 3.05) is 12.8 Å². The molecular formula is C15H13ClF2N2O3. The summed E-state index contributed by atoms with van der Waals surface area (Å²) < 4.78 is 33.2. The maximum atomic E-state index is 12.1. The Balaban J connectivity index is 2.32. The van der Waals surface area contributed by atoms with Crippen molar-refractivity contribution in [2.24, 2.45) is 0 Å². The van der Waals surface area contributed by atoms with Gasteiger partial charge in [-0.1, -0.05) is 23.7 Å². The predicted octanol–water partition coefficient (Wildman–Crippen LogP) is 3.30. The third-order valence-electron chi connectivity index (χ3n) is 3.08. The molecule has 0 saturated heterocycles. The lowest BCUT2D eigenvalue weighted by molar-refractivity contribution is -0.0498. The number of ether oxygens (including phenoxy) is 2. The van der Waals surface area contributed by atoms with Crippen LogP contribution in [0.3, 0.4) is 0 Å². The molecule has 0 amide bonds. The van der Waals surface area contributed by atoms with Crippen molar-refractivity contribution in [1.82, 2.24) is 4.98 Å². The van der Waals surface area contributed by atoms with E-state index in [0.29, 0.717) is 11.1 Å². The summed E-state index contributed by atoms with van der Waals surface area (Å²) in [6, 6.07) is 5.96. The number of alkyl halides is 2. The summed E-state index contributed by atoms with van der Waals surface area (Å²) in [5.41, 5.74) is 7.32. The van der Waals surface area contributed by atoms with E-state index >= 15 is 0 Å². The van der Waals surface area contributed by atoms with E-state index in [9.17, 15) is 13.6 Å². The van der Waals surface area contributed by atoms with Crippen LogP contribution < -0.4 is 10.5 Å². The molecule has 1 aromatic heterocycles. The average Bonchev–Trinajstić information content (AvgIpc) is 2.52. The highest BCUT2D eigenvalue weighted by atomic mass is 35.5. The number of nitrogen functional groups attached to an aromatic ring is 1. The van der Waals surface area contributed by atoms with E-state index in [2.05, 4.69) is 14.5 Å². The molecule has 1 aromatic carbocycles. The van der Waals surface area contributed by atoms with Crippen LogP contribution >= 0.6 is 11.6 Å². The van der Waals surface area contributed by atoms with Crippen molar-refractivity contribution in [3.05, 3.63) is 52.3 Å². The lowest BCUT2D eigenvalue weighted by Gasteiger charge is -2.12. The van der Waals surface area contributed by atoms with Crippen molar-refractivity contribution < 1.29 is 23.0 Å². The third-order valence-corrected chi connectivity index (χ3v) is 3.38. The highest BCUT2D eigenvalue weighted by molar-refractivity contribution is 6.33. The molecule has 0 aliphatic rings. The van der Waals surface area contributed by atoms with Crippen LogP contribution in [0.4, 0.5) is 14.5 Å². The monoisotopic (exact) mass is 342 g/mol. The minimum Gasteiger partial charge on any atom is -0.464 e. The Labute approximate surface area is 136 Å². The lowest BCUT2D eigenvalue weighted by atomic mass is 10.0. The number of nitrogens with two attached hydrogens (primary N) is 1. The molecule has 0 spiro atoms. The number of esters is 1. The Morgan fingerprint density at radius 2 is 2.00 bits per heavy atom. The second kappa shape index (κ2) is 7.23. The molecule has 2 rings (SSSR count). The van der Waals surface area contributed by atoms with Gasteiger partial charge in [-0.25, -0.2) is 9.78 Å². The van der Waals surface area contributed by atoms with E-state index in [1.807, 2.05) is 0 Å². The number of carbonyl (C=O) groups excluding carboxylic acids is 1. The number of aromatic nitrogens is 1. The first-order chi connectivity index (χ1) is 10.9. The number of hydrogen-bond acceptors (Lipinski definition) is 5. The third kappa shape index (κ3) is 4.07. The van der Waals surface area contributed by atoms with Gasteiger partial charge < -0.3 is 15.2 Å². The molecule has 0 fully saturated rings. The first-order valence-electron chi connectivity index (χ1n) is 6.47. The minimum atomic E-state index is -2.89. The second-order valence-electron chi connectivity index (χ2n) is 4.54. The van der Waals surface area contributed by atoms with Crippen LogP contribution in [0.2, 0.25) is 5.02 Å². The number of anilines is 1. The molecule has 0 bridgehead atoms. The maximum Gasteiger partial charge on any atom is 0.387 e. The number of halogens is 3. The van der Waals surface area contributed by atoms with Gasteiger partial charge in [0.2, 0.25) is 0 Å². The molecule has 2 aromatic rings. The Morgan fingerprint density at radius 3 is 2.57 bits per heavy atom. The van der Waals surface area contributed by atoms with Gasteiger partial charge in [0.1, 0.15) is 5.75 Å². The highest BCUT2D eigenvalue weighted by Crippen LogP contribution is 2.27. The summed E-state index contributed by atoms with van der Waals surface area (Å²) in [5, 5.41) is 0.213. The zero-order valence-electron chi connectivity index (χ0n) is 12.1. The molecular weight excluding hydrogens is 330 g/mol. The van der Waals surface area contributed by atoms with Crippen LogP contribution in [0.1, 0.15) is 21.6 Å². The topological polar surface area (TPSA) is 74.4 Å². The molecule has 5 nitrogen and oxygen atoms in total. The predicted molar refractivity (Wildman–Crippen MR) is 80.9 cm³/mol. The number of methoxy groups -OCH3 is 1. The van der Waals surface area contributed by atoms with Crippen LogP contribution in [0.5, 0.6) is 5.75 Å². The van der Waals surface area contributed by atoms with Gasteiger partial charge in [-0.15, -0.1) is 0 Å². The molecule has 1 heterocycles. The molecule has 23 heavy (non-hydrogen) atoms. The van der Waals surface area contributed by atoms with E-state index in [1.54, 1.807) is 12.1 Å². The van der Waals surface area contributed by atoms with Gasteiger partial charge in [0.25, 0.3) is 0 Å². The van der Waals surface area contributed by atoms with Gasteiger partial charge in [0.15, 0.2) is 5.69 Å². The maximum absolute atomic E-state index is 12.1. The van der Waals surface area contributed by atoms with E-state index in [-0.39, 0.29) is 28.6 Å². The summed E-state index contributed by atoms with van der Waals surface area (Å²) in [7, 11) is 1.23. The van der Waals surface area contributed by atoms with Crippen LogP contribution in [0.25, 0.3) is 0 Å².